The van der Waals surface area contributed by atoms with Crippen molar-refractivity contribution in [3.8, 4) is 0 Å². The zero-order chi connectivity index (χ0) is 19.7. The topological polar surface area (TPSA) is 80.0 Å². The summed E-state index contributed by atoms with van der Waals surface area (Å²) >= 11 is 0. The summed E-state index contributed by atoms with van der Waals surface area (Å²) in [4.78, 5) is 20.3. The number of fused-ring (bicyclic) bond motifs is 1. The van der Waals surface area contributed by atoms with Gasteiger partial charge in [0.25, 0.3) is 0 Å². The van der Waals surface area contributed by atoms with Gasteiger partial charge in [-0.15, -0.1) is 0 Å². The van der Waals surface area contributed by atoms with Gasteiger partial charge in [0.1, 0.15) is 11.3 Å². The molecule has 0 saturated heterocycles. The second kappa shape index (κ2) is 7.62. The van der Waals surface area contributed by atoms with Crippen LogP contribution in [0.3, 0.4) is 0 Å². The summed E-state index contributed by atoms with van der Waals surface area (Å²) in [7, 11) is 0. The van der Waals surface area contributed by atoms with Crippen LogP contribution < -0.4 is 5.32 Å². The third-order valence-corrected chi connectivity index (χ3v) is 5.77. The molecule has 1 aliphatic rings. The molecule has 0 atom stereocenters. The molecule has 0 radical (unpaired) electrons. The molecule has 1 fully saturated rings. The molecule has 6 heteroatoms. The van der Waals surface area contributed by atoms with Crippen molar-refractivity contribution in [1.82, 2.24) is 14.5 Å². The van der Waals surface area contributed by atoms with Gasteiger partial charge in [-0.05, 0) is 68.9 Å². The molecule has 0 aliphatic heterocycles. The number of aryl methyl sites for hydroxylation is 2. The fourth-order valence-corrected chi connectivity index (χ4v) is 4.05. The van der Waals surface area contributed by atoms with E-state index in [2.05, 4.69) is 51.0 Å². The van der Waals surface area contributed by atoms with Crippen molar-refractivity contribution >= 4 is 22.8 Å². The number of imidazole rings is 1. The predicted octanol–water partition coefficient (Wildman–Crippen LogP) is 4.15. The molecule has 2 N–H and O–H groups in total. The van der Waals surface area contributed by atoms with Gasteiger partial charge in [-0.3, -0.25) is 4.79 Å². The van der Waals surface area contributed by atoms with E-state index in [0.29, 0.717) is 6.04 Å². The first-order valence-electron chi connectivity index (χ1n) is 9.88. The number of carbonyl (C=O) groups is 1. The number of carboxylic acid groups (broad SMARTS) is 1. The highest BCUT2D eigenvalue weighted by atomic mass is 16.4. The Hall–Kier alpha value is -2.89. The molecule has 1 aliphatic carbocycles. The normalized spacial score (nSPS) is 19.6. The minimum Gasteiger partial charge on any atom is -0.481 e. The van der Waals surface area contributed by atoms with Crippen LogP contribution in [0.4, 0.5) is 5.69 Å². The highest BCUT2D eigenvalue weighted by Crippen LogP contribution is 2.27. The number of hydrogen-bond donors (Lipinski definition) is 2. The van der Waals surface area contributed by atoms with Gasteiger partial charge in [0, 0.05) is 17.9 Å². The molecule has 6 nitrogen and oxygen atoms in total. The first kappa shape index (κ1) is 18.5. The van der Waals surface area contributed by atoms with Gasteiger partial charge in [-0.1, -0.05) is 12.1 Å². The molecule has 1 saturated carbocycles. The third kappa shape index (κ3) is 3.72. The summed E-state index contributed by atoms with van der Waals surface area (Å²) in [6.07, 6.45) is 5.16. The molecule has 1 aromatic carbocycles. The summed E-state index contributed by atoms with van der Waals surface area (Å²) in [5.74, 6) is 0.134. The van der Waals surface area contributed by atoms with Crippen molar-refractivity contribution in [2.24, 2.45) is 5.92 Å². The van der Waals surface area contributed by atoms with E-state index in [0.717, 1.165) is 60.5 Å². The van der Waals surface area contributed by atoms with Gasteiger partial charge in [-0.2, -0.15) is 0 Å². The Morgan fingerprint density at radius 1 is 1.14 bits per heavy atom. The van der Waals surface area contributed by atoms with Crippen LogP contribution in [-0.4, -0.2) is 31.7 Å². The first-order chi connectivity index (χ1) is 13.5. The highest BCUT2D eigenvalue weighted by molar-refractivity contribution is 5.75. The number of pyridine rings is 1. The monoisotopic (exact) mass is 378 g/mol. The number of aliphatic carboxylic acids is 1. The lowest BCUT2D eigenvalue weighted by atomic mass is 9.86. The molecular weight excluding hydrogens is 352 g/mol. The molecule has 146 valence electrons. The zero-order valence-corrected chi connectivity index (χ0v) is 16.4. The van der Waals surface area contributed by atoms with Crippen molar-refractivity contribution in [2.75, 3.05) is 5.32 Å². The Kier molecular flexibility index (Phi) is 5.03. The lowest BCUT2D eigenvalue weighted by Crippen LogP contribution is -2.29. The lowest BCUT2D eigenvalue weighted by Gasteiger charge is -2.27. The molecule has 2 heterocycles. The Morgan fingerprint density at radius 2 is 1.86 bits per heavy atom. The highest BCUT2D eigenvalue weighted by Gasteiger charge is 2.25. The van der Waals surface area contributed by atoms with Crippen molar-refractivity contribution in [3.05, 3.63) is 53.5 Å². The molecule has 3 aromatic rings. The molecule has 0 bridgehead atoms. The van der Waals surface area contributed by atoms with Crippen molar-refractivity contribution < 1.29 is 9.90 Å². The average Bonchev–Trinajstić information content (AvgIpc) is 3.01. The maximum absolute atomic E-state index is 11.1. The summed E-state index contributed by atoms with van der Waals surface area (Å²) < 4.78 is 2.15. The zero-order valence-electron chi connectivity index (χ0n) is 16.4. The minimum absolute atomic E-state index is 0.175. The molecule has 4 rings (SSSR count). The Morgan fingerprint density at radius 3 is 2.54 bits per heavy atom. The molecule has 0 unspecified atom stereocenters. The predicted molar refractivity (Wildman–Crippen MR) is 110 cm³/mol. The number of benzene rings is 1. The van der Waals surface area contributed by atoms with Gasteiger partial charge < -0.3 is 15.0 Å². The number of carboxylic acids is 1. The van der Waals surface area contributed by atoms with Crippen LogP contribution >= 0.6 is 0 Å². The number of anilines is 1. The summed E-state index contributed by atoms with van der Waals surface area (Å²) in [6.45, 7) is 4.82. The van der Waals surface area contributed by atoms with E-state index in [1.807, 2.05) is 19.2 Å². The van der Waals surface area contributed by atoms with Crippen LogP contribution in [0.15, 0.2) is 36.5 Å². The van der Waals surface area contributed by atoms with Crippen LogP contribution in [-0.2, 0) is 11.3 Å². The van der Waals surface area contributed by atoms with Crippen LogP contribution in [0.25, 0.3) is 11.2 Å². The van der Waals surface area contributed by atoms with E-state index in [-0.39, 0.29) is 5.92 Å². The Labute approximate surface area is 164 Å². The standard InChI is InChI=1S/C22H26N4O2/c1-14-11-12-23-21-20(14)24-15(2)26(21)13-16-3-7-18(8-4-16)25-19-9-5-17(6-10-19)22(27)28/h3-4,7-8,11-12,17,19,25H,5-6,9-10,13H2,1-2H3,(H,27,28). The van der Waals surface area contributed by atoms with Crippen LogP contribution in [0.1, 0.15) is 42.6 Å². The average molecular weight is 378 g/mol. The molecule has 2 aromatic heterocycles. The SMILES string of the molecule is Cc1ccnc2c1nc(C)n2Cc1ccc(NC2CCC(C(=O)O)CC2)cc1. The minimum atomic E-state index is -0.658. The summed E-state index contributed by atoms with van der Waals surface area (Å²) in [5, 5.41) is 12.7. The van der Waals surface area contributed by atoms with E-state index in [1.165, 1.54) is 5.56 Å². The summed E-state index contributed by atoms with van der Waals surface area (Å²) in [5.41, 5.74) is 5.32. The molecule has 28 heavy (non-hydrogen) atoms. The smallest absolute Gasteiger partial charge is 0.306 e. The van der Waals surface area contributed by atoms with Crippen LogP contribution in [0.5, 0.6) is 0 Å². The Bertz CT molecular complexity index is 986. The number of rotatable bonds is 5. The van der Waals surface area contributed by atoms with Crippen molar-refractivity contribution in [2.45, 2.75) is 52.1 Å². The lowest BCUT2D eigenvalue weighted by molar-refractivity contribution is -0.142. The van der Waals surface area contributed by atoms with E-state index < -0.39 is 5.97 Å². The molecular formula is C22H26N4O2. The van der Waals surface area contributed by atoms with Crippen molar-refractivity contribution in [1.29, 1.82) is 0 Å². The van der Waals surface area contributed by atoms with Gasteiger partial charge in [0.15, 0.2) is 5.65 Å². The van der Waals surface area contributed by atoms with Gasteiger partial charge in [0.05, 0.1) is 12.5 Å². The number of nitrogens with one attached hydrogen (secondary N) is 1. The first-order valence-corrected chi connectivity index (χ1v) is 9.88. The molecule has 0 spiro atoms. The quantitative estimate of drug-likeness (QED) is 0.697. The van der Waals surface area contributed by atoms with Crippen LogP contribution in [0.2, 0.25) is 0 Å². The van der Waals surface area contributed by atoms with E-state index in [4.69, 9.17) is 5.11 Å². The fraction of sp³-hybridized carbons (Fsp3) is 0.409. The van der Waals surface area contributed by atoms with E-state index in [1.54, 1.807) is 0 Å². The number of nitrogens with zero attached hydrogens (tertiary/aromatic N) is 3. The maximum atomic E-state index is 11.1. The van der Waals surface area contributed by atoms with Crippen molar-refractivity contribution in [3.63, 3.8) is 0 Å². The van der Waals surface area contributed by atoms with Gasteiger partial charge >= 0.3 is 5.97 Å². The summed E-state index contributed by atoms with van der Waals surface area (Å²) in [6, 6.07) is 10.8. The maximum Gasteiger partial charge on any atom is 0.306 e. The number of hydrogen-bond acceptors (Lipinski definition) is 4. The largest absolute Gasteiger partial charge is 0.481 e. The van der Waals surface area contributed by atoms with Gasteiger partial charge in [0.2, 0.25) is 0 Å². The van der Waals surface area contributed by atoms with E-state index >= 15 is 0 Å². The fourth-order valence-electron chi connectivity index (χ4n) is 4.05. The Balaban J connectivity index is 1.43. The van der Waals surface area contributed by atoms with Crippen LogP contribution in [0, 0.1) is 19.8 Å². The third-order valence-electron chi connectivity index (χ3n) is 5.77. The second-order valence-electron chi connectivity index (χ2n) is 7.77. The second-order valence-corrected chi connectivity index (χ2v) is 7.77. The van der Waals surface area contributed by atoms with Gasteiger partial charge in [-0.25, -0.2) is 9.97 Å². The molecule has 0 amide bonds. The number of aromatic nitrogens is 3. The van der Waals surface area contributed by atoms with E-state index in [9.17, 15) is 4.79 Å².